The zero-order valence-corrected chi connectivity index (χ0v) is 24.8. The topological polar surface area (TPSA) is 111 Å². The number of hydrogen-bond acceptors (Lipinski definition) is 6. The van der Waals surface area contributed by atoms with Crippen LogP contribution in [0.2, 0.25) is 0 Å². The number of anilines is 2. The highest BCUT2D eigenvalue weighted by Crippen LogP contribution is 2.28. The lowest BCUT2D eigenvalue weighted by Crippen LogP contribution is -2.48. The van der Waals surface area contributed by atoms with Gasteiger partial charge in [-0.15, -0.1) is 0 Å². The predicted molar refractivity (Wildman–Crippen MR) is 166 cm³/mol. The lowest BCUT2D eigenvalue weighted by atomic mass is 10.00. The van der Waals surface area contributed by atoms with Crippen LogP contribution in [0, 0.1) is 0 Å². The molecule has 3 aromatic carbocycles. The van der Waals surface area contributed by atoms with Crippen LogP contribution in [0.25, 0.3) is 0 Å². The lowest BCUT2D eigenvalue weighted by Gasteiger charge is -2.29. The summed E-state index contributed by atoms with van der Waals surface area (Å²) in [5, 5.41) is 20.8. The summed E-state index contributed by atoms with van der Waals surface area (Å²) < 4.78 is 27.0. The SMILES string of the molecule is CCNc1cc(C(=O)N[C@@H](Cc2ccccc2)[C@H](O)CNCc2cccc(CC)c2)cc(N2CCCCS2(=O)=O)c1. The highest BCUT2D eigenvalue weighted by Gasteiger charge is 2.28. The summed E-state index contributed by atoms with van der Waals surface area (Å²) in [6, 6.07) is 22.7. The van der Waals surface area contributed by atoms with E-state index in [-0.39, 0.29) is 11.7 Å². The minimum Gasteiger partial charge on any atom is -0.390 e. The molecule has 1 saturated heterocycles. The van der Waals surface area contributed by atoms with Crippen LogP contribution < -0.4 is 20.3 Å². The fraction of sp³-hybridized carbons (Fsp3) is 0.406. The molecule has 0 unspecified atom stereocenters. The zero-order valence-electron chi connectivity index (χ0n) is 24.0. The van der Waals surface area contributed by atoms with Crippen LogP contribution in [0.5, 0.6) is 0 Å². The van der Waals surface area contributed by atoms with E-state index in [4.69, 9.17) is 0 Å². The number of carbonyl (C=O) groups is 1. The van der Waals surface area contributed by atoms with Crippen molar-refractivity contribution in [1.29, 1.82) is 0 Å². The minimum absolute atomic E-state index is 0.0983. The highest BCUT2D eigenvalue weighted by molar-refractivity contribution is 7.92. The molecule has 0 aliphatic carbocycles. The van der Waals surface area contributed by atoms with Crippen LogP contribution in [0.15, 0.2) is 72.8 Å². The first-order valence-corrected chi connectivity index (χ1v) is 16.1. The Morgan fingerprint density at radius 1 is 0.951 bits per heavy atom. The molecule has 8 nitrogen and oxygen atoms in total. The smallest absolute Gasteiger partial charge is 0.251 e. The number of aliphatic hydroxyl groups excluding tert-OH is 1. The lowest BCUT2D eigenvalue weighted by molar-refractivity contribution is 0.0830. The molecule has 0 aromatic heterocycles. The number of nitrogens with one attached hydrogen (secondary N) is 3. The number of carbonyl (C=O) groups excluding carboxylic acids is 1. The van der Waals surface area contributed by atoms with Gasteiger partial charge < -0.3 is 21.1 Å². The summed E-state index contributed by atoms with van der Waals surface area (Å²) in [5.41, 5.74) is 4.88. The van der Waals surface area contributed by atoms with Gasteiger partial charge in [0.1, 0.15) is 0 Å². The third-order valence-corrected chi connectivity index (χ3v) is 9.23. The molecule has 2 atom stereocenters. The second kappa shape index (κ2) is 14.5. The molecular formula is C32H42N4O4S. The van der Waals surface area contributed by atoms with Gasteiger partial charge in [0.15, 0.2) is 0 Å². The van der Waals surface area contributed by atoms with Gasteiger partial charge in [0.05, 0.1) is 23.6 Å². The van der Waals surface area contributed by atoms with Crippen LogP contribution in [0.4, 0.5) is 11.4 Å². The Bertz CT molecular complexity index is 1400. The molecule has 9 heteroatoms. The van der Waals surface area contributed by atoms with E-state index in [1.165, 1.54) is 9.87 Å². The molecule has 1 aliphatic heterocycles. The first-order chi connectivity index (χ1) is 19.8. The van der Waals surface area contributed by atoms with E-state index in [2.05, 4.69) is 41.1 Å². The number of benzene rings is 3. The maximum atomic E-state index is 13.6. The summed E-state index contributed by atoms with van der Waals surface area (Å²) >= 11 is 0. The van der Waals surface area contributed by atoms with Crippen LogP contribution in [0.1, 0.15) is 53.7 Å². The maximum Gasteiger partial charge on any atom is 0.251 e. The van der Waals surface area contributed by atoms with E-state index in [0.717, 1.165) is 24.0 Å². The molecule has 0 radical (unpaired) electrons. The molecule has 4 rings (SSSR count). The van der Waals surface area contributed by atoms with Gasteiger partial charge in [0.2, 0.25) is 10.0 Å². The average Bonchev–Trinajstić information content (AvgIpc) is 2.97. The summed E-state index contributed by atoms with van der Waals surface area (Å²) in [6.07, 6.45) is 1.96. The number of amides is 1. The largest absolute Gasteiger partial charge is 0.390 e. The normalized spacial score (nSPS) is 16.1. The molecule has 0 saturated carbocycles. The van der Waals surface area contributed by atoms with Gasteiger partial charge in [0, 0.05) is 37.4 Å². The van der Waals surface area contributed by atoms with E-state index in [9.17, 15) is 18.3 Å². The van der Waals surface area contributed by atoms with Crippen molar-refractivity contribution in [2.45, 2.75) is 58.2 Å². The Balaban J connectivity index is 1.53. The molecule has 0 bridgehead atoms. The van der Waals surface area contributed by atoms with Crippen molar-refractivity contribution >= 4 is 27.3 Å². The zero-order chi connectivity index (χ0) is 29.2. The van der Waals surface area contributed by atoms with Crippen LogP contribution >= 0.6 is 0 Å². The Morgan fingerprint density at radius 2 is 1.71 bits per heavy atom. The van der Waals surface area contributed by atoms with Gasteiger partial charge in [-0.1, -0.05) is 61.5 Å². The maximum absolute atomic E-state index is 13.6. The van der Waals surface area contributed by atoms with Crippen molar-refractivity contribution in [3.8, 4) is 0 Å². The second-order valence-corrected chi connectivity index (χ2v) is 12.5. The molecule has 4 N–H and O–H groups in total. The second-order valence-electron chi connectivity index (χ2n) is 10.5. The van der Waals surface area contributed by atoms with Crippen molar-refractivity contribution < 1.29 is 18.3 Å². The molecule has 1 amide bonds. The molecule has 220 valence electrons. The number of aryl methyl sites for hydroxylation is 1. The fourth-order valence-corrected chi connectivity index (χ4v) is 6.76. The first-order valence-electron chi connectivity index (χ1n) is 14.5. The van der Waals surface area contributed by atoms with Crippen molar-refractivity contribution in [2.24, 2.45) is 0 Å². The Labute approximate surface area is 244 Å². The van der Waals surface area contributed by atoms with Crippen molar-refractivity contribution in [3.05, 3.63) is 95.1 Å². The molecule has 3 aromatic rings. The van der Waals surface area contributed by atoms with E-state index in [0.29, 0.717) is 56.0 Å². The molecule has 0 spiro atoms. The predicted octanol–water partition coefficient (Wildman–Crippen LogP) is 4.10. The molecule has 1 heterocycles. The average molecular weight is 579 g/mol. The van der Waals surface area contributed by atoms with Gasteiger partial charge in [-0.3, -0.25) is 9.10 Å². The Hall–Kier alpha value is -3.40. The van der Waals surface area contributed by atoms with Crippen LogP contribution in [-0.4, -0.2) is 57.0 Å². The Kier molecular flexibility index (Phi) is 10.8. The van der Waals surface area contributed by atoms with Gasteiger partial charge in [-0.05, 0) is 67.5 Å². The molecular weight excluding hydrogens is 536 g/mol. The third kappa shape index (κ3) is 8.55. The minimum atomic E-state index is -3.44. The van der Waals surface area contributed by atoms with Crippen LogP contribution in [0.3, 0.4) is 0 Å². The number of rotatable bonds is 13. The van der Waals surface area contributed by atoms with Gasteiger partial charge in [-0.2, -0.15) is 0 Å². The van der Waals surface area contributed by atoms with Gasteiger partial charge in [0.25, 0.3) is 5.91 Å². The van der Waals surface area contributed by atoms with E-state index in [1.807, 2.05) is 43.3 Å². The van der Waals surface area contributed by atoms with Crippen molar-refractivity contribution in [1.82, 2.24) is 10.6 Å². The number of nitrogens with zero attached hydrogens (tertiary/aromatic N) is 1. The fourth-order valence-electron chi connectivity index (χ4n) is 5.14. The number of hydrogen-bond donors (Lipinski definition) is 4. The molecule has 41 heavy (non-hydrogen) atoms. The highest BCUT2D eigenvalue weighted by atomic mass is 32.2. The third-order valence-electron chi connectivity index (χ3n) is 7.36. The number of sulfonamides is 1. The van der Waals surface area contributed by atoms with Gasteiger partial charge >= 0.3 is 0 Å². The van der Waals surface area contributed by atoms with Crippen molar-refractivity contribution in [3.63, 3.8) is 0 Å². The van der Waals surface area contributed by atoms with E-state index < -0.39 is 22.2 Å². The molecule has 1 aliphatic rings. The summed E-state index contributed by atoms with van der Waals surface area (Å²) in [4.78, 5) is 13.6. The van der Waals surface area contributed by atoms with Crippen LogP contribution in [-0.2, 0) is 29.4 Å². The molecule has 1 fully saturated rings. The van der Waals surface area contributed by atoms with E-state index >= 15 is 0 Å². The standard InChI is InChI=1S/C32H42N4O4S/c1-3-24-13-10-14-26(17-24)22-33-23-31(37)30(18-25-11-6-5-7-12-25)35-32(38)27-19-28(34-4-2)21-29(20-27)36-15-8-9-16-41(36,39)40/h5-7,10-14,17,19-21,30-31,33-34,37H,3-4,8-9,15-16,18,22-23H2,1-2H3,(H,35,38)/t30-,31+/m0/s1. The Morgan fingerprint density at radius 3 is 2.44 bits per heavy atom. The monoisotopic (exact) mass is 578 g/mol. The summed E-state index contributed by atoms with van der Waals surface area (Å²) in [7, 11) is -3.44. The van der Waals surface area contributed by atoms with E-state index in [1.54, 1.807) is 18.2 Å². The van der Waals surface area contributed by atoms with Gasteiger partial charge in [-0.25, -0.2) is 8.42 Å². The van der Waals surface area contributed by atoms with Crippen molar-refractivity contribution in [2.75, 3.05) is 35.0 Å². The number of aliphatic hydroxyl groups is 1. The summed E-state index contributed by atoms with van der Waals surface area (Å²) in [5.74, 6) is -0.267. The summed E-state index contributed by atoms with van der Waals surface area (Å²) in [6.45, 7) is 5.98. The first kappa shape index (κ1) is 30.6. The quantitative estimate of drug-likeness (QED) is 0.243.